The van der Waals surface area contributed by atoms with Gasteiger partial charge in [-0.1, -0.05) is 75.8 Å². The third-order valence-corrected chi connectivity index (χ3v) is 6.92. The second-order valence-electron chi connectivity index (χ2n) is 9.57. The Bertz CT molecular complexity index is 1270. The number of aromatic amines is 1. The second-order valence-corrected chi connectivity index (χ2v) is 9.57. The van der Waals surface area contributed by atoms with Gasteiger partial charge in [0.15, 0.2) is 5.82 Å². The summed E-state index contributed by atoms with van der Waals surface area (Å²) in [5, 5.41) is 18.9. The molecule has 0 atom stereocenters. The van der Waals surface area contributed by atoms with Crippen LogP contribution in [0.15, 0.2) is 42.6 Å². The van der Waals surface area contributed by atoms with Crippen LogP contribution < -0.4 is 0 Å². The number of H-pyrrole nitrogens is 1. The number of unbranched alkanes of at least 4 members (excludes halogenated alkanes) is 1. The monoisotopic (exact) mass is 484 g/mol. The summed E-state index contributed by atoms with van der Waals surface area (Å²) in [7, 11) is 0. The molecule has 9 heteroatoms. The maximum Gasteiger partial charge on any atom is 0.217 e. The molecule has 36 heavy (non-hydrogen) atoms. The van der Waals surface area contributed by atoms with Crippen molar-refractivity contribution < 1.29 is 4.79 Å². The molecule has 1 aromatic carbocycles. The minimum Gasteiger partial charge on any atom is -0.291 e. The maximum absolute atomic E-state index is 13.0. The van der Waals surface area contributed by atoms with Crippen molar-refractivity contribution in [1.29, 1.82) is 0 Å². The topological polar surface area (TPSA) is 115 Å². The van der Waals surface area contributed by atoms with Crippen LogP contribution in [0.25, 0.3) is 22.5 Å². The van der Waals surface area contributed by atoms with Crippen LogP contribution in [0.5, 0.6) is 0 Å². The molecule has 1 aliphatic carbocycles. The number of hydrogen-bond donors (Lipinski definition) is 1. The number of carbonyl (C=O) groups excluding carboxylic acids is 1. The van der Waals surface area contributed by atoms with E-state index in [1.54, 1.807) is 0 Å². The van der Waals surface area contributed by atoms with E-state index in [1.165, 1.54) is 19.3 Å². The molecule has 5 rings (SSSR count). The third kappa shape index (κ3) is 5.56. The Labute approximate surface area is 210 Å². The van der Waals surface area contributed by atoms with Crippen molar-refractivity contribution in [2.45, 2.75) is 71.3 Å². The number of hydrogen-bond acceptors (Lipinski definition) is 7. The summed E-state index contributed by atoms with van der Waals surface area (Å²) in [5.74, 6) is 2.31. The van der Waals surface area contributed by atoms with Gasteiger partial charge in [-0.15, -0.1) is 10.2 Å². The molecule has 9 nitrogen and oxygen atoms in total. The van der Waals surface area contributed by atoms with Gasteiger partial charge in [0, 0.05) is 42.4 Å². The van der Waals surface area contributed by atoms with Crippen molar-refractivity contribution >= 4 is 5.78 Å². The van der Waals surface area contributed by atoms with Crippen molar-refractivity contribution in [3.05, 3.63) is 59.9 Å². The fourth-order valence-electron chi connectivity index (χ4n) is 4.92. The van der Waals surface area contributed by atoms with Gasteiger partial charge in [0.25, 0.3) is 0 Å². The Morgan fingerprint density at radius 2 is 1.92 bits per heavy atom. The van der Waals surface area contributed by atoms with E-state index in [9.17, 15) is 4.79 Å². The number of Topliss-reactive ketones (excluding diaryl/α,β-unsaturated/α-hetero) is 1. The number of ketones is 1. The summed E-state index contributed by atoms with van der Waals surface area (Å²) < 4.78 is 1.90. The van der Waals surface area contributed by atoms with E-state index >= 15 is 0 Å². The molecule has 0 radical (unpaired) electrons. The number of pyridine rings is 1. The van der Waals surface area contributed by atoms with Crippen LogP contribution >= 0.6 is 0 Å². The summed E-state index contributed by atoms with van der Waals surface area (Å²) in [4.78, 5) is 22.4. The first-order chi connectivity index (χ1) is 17.7. The van der Waals surface area contributed by atoms with Crippen LogP contribution in [0.2, 0.25) is 0 Å². The van der Waals surface area contributed by atoms with Crippen LogP contribution in [0.3, 0.4) is 0 Å². The van der Waals surface area contributed by atoms with Gasteiger partial charge in [0.1, 0.15) is 5.82 Å². The SMILES string of the molecule is CCCCn1nc(C(=O)CC2CCCCC2)nc1Cc1ccc(-c2ccccc2-c2nnn[nH]2)cn1. The normalized spacial score (nSPS) is 14.2. The zero-order valence-electron chi connectivity index (χ0n) is 20.7. The molecule has 0 spiro atoms. The lowest BCUT2D eigenvalue weighted by molar-refractivity contribution is 0.0939. The van der Waals surface area contributed by atoms with E-state index in [0.29, 0.717) is 30.4 Å². The van der Waals surface area contributed by atoms with Crippen LogP contribution in [0.4, 0.5) is 0 Å². The van der Waals surface area contributed by atoms with Crippen LogP contribution in [0, 0.1) is 5.92 Å². The van der Waals surface area contributed by atoms with Gasteiger partial charge in [-0.25, -0.2) is 14.8 Å². The minimum absolute atomic E-state index is 0.0696. The zero-order chi connectivity index (χ0) is 24.7. The molecule has 0 unspecified atom stereocenters. The van der Waals surface area contributed by atoms with E-state index in [1.807, 2.05) is 47.3 Å². The van der Waals surface area contributed by atoms with Crippen molar-refractivity contribution in [1.82, 2.24) is 40.4 Å². The van der Waals surface area contributed by atoms with Gasteiger partial charge >= 0.3 is 0 Å². The molecule has 0 aliphatic heterocycles. The molecule has 0 saturated heterocycles. The van der Waals surface area contributed by atoms with E-state index < -0.39 is 0 Å². The van der Waals surface area contributed by atoms with E-state index in [4.69, 9.17) is 4.98 Å². The fourth-order valence-corrected chi connectivity index (χ4v) is 4.92. The molecule has 1 N–H and O–H groups in total. The van der Waals surface area contributed by atoms with Gasteiger partial charge in [-0.3, -0.25) is 9.78 Å². The summed E-state index contributed by atoms with van der Waals surface area (Å²) in [6.07, 6.45) is 11.0. The Balaban J connectivity index is 1.34. The Hall–Kier alpha value is -3.75. The van der Waals surface area contributed by atoms with Crippen LogP contribution in [0.1, 0.15) is 80.4 Å². The molecule has 3 heterocycles. The number of aromatic nitrogens is 8. The van der Waals surface area contributed by atoms with Crippen molar-refractivity contribution in [2.75, 3.05) is 0 Å². The molecule has 1 aliphatic rings. The molecule has 0 amide bonds. The largest absolute Gasteiger partial charge is 0.291 e. The summed E-state index contributed by atoms with van der Waals surface area (Å²) in [5.41, 5.74) is 3.77. The van der Waals surface area contributed by atoms with Crippen molar-refractivity contribution in [3.8, 4) is 22.5 Å². The number of carbonyl (C=O) groups is 1. The van der Waals surface area contributed by atoms with Gasteiger partial charge in [-0.2, -0.15) is 0 Å². The molecule has 186 valence electrons. The quantitative estimate of drug-likeness (QED) is 0.313. The van der Waals surface area contributed by atoms with Gasteiger partial charge in [0.2, 0.25) is 11.6 Å². The van der Waals surface area contributed by atoms with Gasteiger partial charge < -0.3 is 0 Å². The predicted octanol–water partition coefficient (Wildman–Crippen LogP) is 5.06. The lowest BCUT2D eigenvalue weighted by Crippen LogP contribution is -2.13. The summed E-state index contributed by atoms with van der Waals surface area (Å²) >= 11 is 0. The van der Waals surface area contributed by atoms with E-state index in [-0.39, 0.29) is 5.78 Å². The summed E-state index contributed by atoms with van der Waals surface area (Å²) in [6.45, 7) is 2.91. The van der Waals surface area contributed by atoms with Gasteiger partial charge in [-0.05, 0) is 34.4 Å². The Morgan fingerprint density at radius 1 is 1.08 bits per heavy atom. The average Bonchev–Trinajstić information content (AvgIpc) is 3.59. The van der Waals surface area contributed by atoms with Crippen molar-refractivity contribution in [2.24, 2.45) is 5.92 Å². The Kier molecular flexibility index (Phi) is 7.54. The lowest BCUT2D eigenvalue weighted by atomic mass is 9.86. The fraction of sp³-hybridized carbons (Fsp3) is 0.444. The third-order valence-electron chi connectivity index (χ3n) is 6.92. The number of nitrogens with one attached hydrogen (secondary N) is 1. The molecule has 4 aromatic rings. The number of benzene rings is 1. The molecule has 1 fully saturated rings. The standard InChI is InChI=1S/C27H32N8O/c1-2-3-15-35-25(29-27(32-35)24(36)16-19-9-5-4-6-10-19)17-21-14-13-20(18-28-21)22-11-7-8-12-23(22)26-30-33-34-31-26/h7-8,11-14,18-19H,2-6,9-10,15-17H2,1H3,(H,30,31,33,34). The molecule has 1 saturated carbocycles. The van der Waals surface area contributed by atoms with Gasteiger partial charge in [0.05, 0.1) is 0 Å². The smallest absolute Gasteiger partial charge is 0.217 e. The lowest BCUT2D eigenvalue weighted by Gasteiger charge is -2.19. The first-order valence-electron chi connectivity index (χ1n) is 13.0. The predicted molar refractivity (Wildman–Crippen MR) is 136 cm³/mol. The number of tetrazole rings is 1. The zero-order valence-corrected chi connectivity index (χ0v) is 20.7. The number of rotatable bonds is 10. The maximum atomic E-state index is 13.0. The first kappa shape index (κ1) is 24.0. The molecule has 3 aromatic heterocycles. The Morgan fingerprint density at radius 3 is 2.64 bits per heavy atom. The van der Waals surface area contributed by atoms with Crippen molar-refractivity contribution in [3.63, 3.8) is 0 Å². The minimum atomic E-state index is 0.0696. The van der Waals surface area contributed by atoms with E-state index in [2.05, 4.69) is 37.6 Å². The highest BCUT2D eigenvalue weighted by atomic mass is 16.1. The second kappa shape index (κ2) is 11.3. The van der Waals surface area contributed by atoms with E-state index in [0.717, 1.165) is 60.4 Å². The molecular formula is C27H32N8O. The van der Waals surface area contributed by atoms with Crippen LogP contribution in [-0.4, -0.2) is 46.2 Å². The van der Waals surface area contributed by atoms with Crippen LogP contribution in [-0.2, 0) is 13.0 Å². The summed E-state index contributed by atoms with van der Waals surface area (Å²) in [6, 6.07) is 12.0. The number of aryl methyl sites for hydroxylation is 1. The molecule has 0 bridgehead atoms. The average molecular weight is 485 g/mol. The molecular weight excluding hydrogens is 452 g/mol. The highest BCUT2D eigenvalue weighted by Gasteiger charge is 2.22. The number of nitrogens with zero attached hydrogens (tertiary/aromatic N) is 7. The highest BCUT2D eigenvalue weighted by molar-refractivity contribution is 5.92. The highest BCUT2D eigenvalue weighted by Crippen LogP contribution is 2.30. The first-order valence-corrected chi connectivity index (χ1v) is 13.0.